The number of para-hydroxylation sites is 1. The highest BCUT2D eigenvalue weighted by Crippen LogP contribution is 2.38. The number of carbonyl (C=O) groups excluding carboxylic acids is 1. The molecule has 6 nitrogen and oxygen atoms in total. The van der Waals surface area contributed by atoms with Crippen LogP contribution in [0.2, 0.25) is 0 Å². The lowest BCUT2D eigenvalue weighted by Crippen LogP contribution is -2.22. The van der Waals surface area contributed by atoms with Crippen molar-refractivity contribution in [3.63, 3.8) is 0 Å². The van der Waals surface area contributed by atoms with Crippen LogP contribution >= 0.6 is 23.1 Å². The average molecular weight is 487 g/mol. The molecule has 0 unspecified atom stereocenters. The summed E-state index contributed by atoms with van der Waals surface area (Å²) in [5, 5.41) is 10.2. The van der Waals surface area contributed by atoms with Gasteiger partial charge < -0.3 is 0 Å². The molecule has 170 valence electrons. The van der Waals surface area contributed by atoms with Gasteiger partial charge in [-0.1, -0.05) is 67.2 Å². The second kappa shape index (κ2) is 8.52. The van der Waals surface area contributed by atoms with Crippen molar-refractivity contribution < 1.29 is 4.79 Å². The normalized spacial score (nSPS) is 15.6. The first kappa shape index (κ1) is 21.3. The highest BCUT2D eigenvalue weighted by molar-refractivity contribution is 7.99. The third-order valence-electron chi connectivity index (χ3n) is 6.37. The molecular formula is C26H22N4O2S2. The van der Waals surface area contributed by atoms with E-state index < -0.39 is 0 Å². The lowest BCUT2D eigenvalue weighted by Gasteiger charge is -2.17. The fourth-order valence-electron chi connectivity index (χ4n) is 4.64. The molecule has 0 spiro atoms. The number of ketones is 1. The van der Waals surface area contributed by atoms with Crippen LogP contribution in [0.1, 0.15) is 34.1 Å². The summed E-state index contributed by atoms with van der Waals surface area (Å²) in [5.74, 6) is 1.36. The minimum Gasteiger partial charge on any atom is -0.293 e. The Morgan fingerprint density at radius 3 is 2.59 bits per heavy atom. The highest BCUT2D eigenvalue weighted by Gasteiger charge is 2.27. The Morgan fingerprint density at radius 1 is 1.09 bits per heavy atom. The van der Waals surface area contributed by atoms with E-state index in [0.29, 0.717) is 22.4 Å². The van der Waals surface area contributed by atoms with E-state index in [9.17, 15) is 9.59 Å². The van der Waals surface area contributed by atoms with Crippen molar-refractivity contribution in [2.45, 2.75) is 31.3 Å². The van der Waals surface area contributed by atoms with Gasteiger partial charge in [0, 0.05) is 10.4 Å². The van der Waals surface area contributed by atoms with Gasteiger partial charge in [-0.15, -0.1) is 21.5 Å². The molecule has 6 rings (SSSR count). The van der Waals surface area contributed by atoms with E-state index in [1.807, 2.05) is 65.1 Å². The van der Waals surface area contributed by atoms with Gasteiger partial charge in [0.1, 0.15) is 4.83 Å². The quantitative estimate of drug-likeness (QED) is 0.252. The molecule has 0 saturated heterocycles. The van der Waals surface area contributed by atoms with Crippen molar-refractivity contribution >= 4 is 44.9 Å². The van der Waals surface area contributed by atoms with Crippen LogP contribution in [0.4, 0.5) is 0 Å². The van der Waals surface area contributed by atoms with Gasteiger partial charge in [-0.2, -0.15) is 0 Å². The van der Waals surface area contributed by atoms with E-state index in [2.05, 4.69) is 17.1 Å². The number of aromatic nitrogens is 4. The Bertz CT molecular complexity index is 1590. The number of benzene rings is 2. The van der Waals surface area contributed by atoms with Crippen molar-refractivity contribution in [3.8, 4) is 5.69 Å². The summed E-state index contributed by atoms with van der Waals surface area (Å²) in [4.78, 5) is 28.8. The lowest BCUT2D eigenvalue weighted by atomic mass is 9.89. The number of carbonyl (C=O) groups is 1. The number of aryl methyl sites for hydroxylation is 1. The summed E-state index contributed by atoms with van der Waals surface area (Å²) in [6.45, 7) is 2.26. The molecule has 1 aliphatic carbocycles. The highest BCUT2D eigenvalue weighted by atomic mass is 32.2. The largest absolute Gasteiger partial charge is 0.293 e. The Kier molecular flexibility index (Phi) is 5.34. The fraction of sp³-hybridized carbons (Fsp3) is 0.231. The first-order valence-electron chi connectivity index (χ1n) is 11.3. The third-order valence-corrected chi connectivity index (χ3v) is 8.54. The SMILES string of the molecule is C[C@@H]1CCc2c(sc3c2c(=O)n(-c2ccccc2)c2nnc(SCC(=O)c4ccccc4)n32)C1. The van der Waals surface area contributed by atoms with Crippen LogP contribution in [0.3, 0.4) is 0 Å². The first-order chi connectivity index (χ1) is 16.6. The molecule has 1 aliphatic rings. The molecule has 0 radical (unpaired) electrons. The summed E-state index contributed by atoms with van der Waals surface area (Å²) >= 11 is 3.03. The summed E-state index contributed by atoms with van der Waals surface area (Å²) < 4.78 is 3.63. The first-order valence-corrected chi connectivity index (χ1v) is 13.1. The van der Waals surface area contributed by atoms with E-state index in [4.69, 9.17) is 0 Å². The van der Waals surface area contributed by atoms with Crippen LogP contribution in [0.25, 0.3) is 21.7 Å². The van der Waals surface area contributed by atoms with Crippen molar-refractivity contribution in [1.29, 1.82) is 0 Å². The number of hydrogen-bond acceptors (Lipinski definition) is 6. The lowest BCUT2D eigenvalue weighted by molar-refractivity contribution is 0.102. The molecule has 0 aliphatic heterocycles. The zero-order chi connectivity index (χ0) is 23.2. The Morgan fingerprint density at radius 2 is 1.82 bits per heavy atom. The van der Waals surface area contributed by atoms with Gasteiger partial charge in [0.15, 0.2) is 10.9 Å². The molecule has 0 bridgehead atoms. The smallest absolute Gasteiger partial charge is 0.268 e. The second-order valence-electron chi connectivity index (χ2n) is 8.70. The number of nitrogens with zero attached hydrogens (tertiary/aromatic N) is 4. The Balaban J connectivity index is 1.54. The molecule has 0 saturated carbocycles. The molecule has 1 atom stereocenters. The maximum absolute atomic E-state index is 13.8. The molecule has 34 heavy (non-hydrogen) atoms. The molecule has 3 aromatic heterocycles. The number of Topliss-reactive ketones (excluding diaryl/α,β-unsaturated/α-hetero) is 1. The molecule has 5 aromatic rings. The van der Waals surface area contributed by atoms with Gasteiger partial charge in [-0.3, -0.25) is 9.59 Å². The van der Waals surface area contributed by atoms with E-state index in [1.165, 1.54) is 22.2 Å². The Labute approximate surface area is 204 Å². The third kappa shape index (κ3) is 3.49. The molecule has 2 aromatic carbocycles. The summed E-state index contributed by atoms with van der Waals surface area (Å²) in [7, 11) is 0. The number of hydrogen-bond donors (Lipinski definition) is 0. The molecule has 3 heterocycles. The number of thioether (sulfide) groups is 1. The van der Waals surface area contributed by atoms with Crippen LogP contribution in [-0.4, -0.2) is 30.7 Å². The number of rotatable bonds is 5. The van der Waals surface area contributed by atoms with Gasteiger partial charge in [-0.25, -0.2) is 8.97 Å². The van der Waals surface area contributed by atoms with Crippen LogP contribution in [0, 0.1) is 5.92 Å². The number of thiophene rings is 1. The van der Waals surface area contributed by atoms with Gasteiger partial charge >= 0.3 is 0 Å². The maximum Gasteiger partial charge on any atom is 0.268 e. The molecule has 0 amide bonds. The number of fused-ring (bicyclic) bond motifs is 5. The zero-order valence-electron chi connectivity index (χ0n) is 18.6. The van der Waals surface area contributed by atoms with Crippen molar-refractivity contribution in [2.24, 2.45) is 5.92 Å². The summed E-state index contributed by atoms with van der Waals surface area (Å²) in [5.41, 5.74) is 2.55. The molecule has 0 fully saturated rings. The van der Waals surface area contributed by atoms with Crippen molar-refractivity contribution in [3.05, 3.63) is 87.0 Å². The van der Waals surface area contributed by atoms with Gasteiger partial charge in [0.05, 0.1) is 16.8 Å². The van der Waals surface area contributed by atoms with Crippen LogP contribution < -0.4 is 5.56 Å². The molecular weight excluding hydrogens is 464 g/mol. The minimum atomic E-state index is -0.0509. The second-order valence-corrected chi connectivity index (χ2v) is 10.7. The Hall–Kier alpha value is -3.23. The summed E-state index contributed by atoms with van der Waals surface area (Å²) in [6.07, 6.45) is 2.97. The molecule has 8 heteroatoms. The van der Waals surface area contributed by atoms with E-state index >= 15 is 0 Å². The monoisotopic (exact) mass is 486 g/mol. The standard InChI is InChI=1S/C26H22N4O2S2/c1-16-12-13-19-21(14-16)34-24-22(19)23(32)29(18-10-6-3-7-11-18)25-27-28-26(30(24)25)33-15-20(31)17-8-4-2-5-9-17/h2-11,16H,12-15H2,1H3/t16-/m1/s1. The maximum atomic E-state index is 13.8. The topological polar surface area (TPSA) is 69.3 Å². The minimum absolute atomic E-state index is 0.0364. The van der Waals surface area contributed by atoms with Crippen LogP contribution in [0.15, 0.2) is 70.6 Å². The van der Waals surface area contributed by atoms with E-state index in [1.54, 1.807) is 15.9 Å². The van der Waals surface area contributed by atoms with Gasteiger partial charge in [0.2, 0.25) is 5.78 Å². The van der Waals surface area contributed by atoms with E-state index in [0.717, 1.165) is 35.2 Å². The van der Waals surface area contributed by atoms with Gasteiger partial charge in [0.25, 0.3) is 5.56 Å². The van der Waals surface area contributed by atoms with Gasteiger partial charge in [-0.05, 0) is 42.9 Å². The predicted octanol–water partition coefficient (Wildman–Crippen LogP) is 5.19. The van der Waals surface area contributed by atoms with Crippen molar-refractivity contribution in [2.75, 3.05) is 5.75 Å². The van der Waals surface area contributed by atoms with Crippen LogP contribution in [-0.2, 0) is 12.8 Å². The molecule has 0 N–H and O–H groups in total. The predicted molar refractivity (Wildman–Crippen MR) is 137 cm³/mol. The summed E-state index contributed by atoms with van der Waals surface area (Å²) in [6, 6.07) is 18.9. The van der Waals surface area contributed by atoms with E-state index in [-0.39, 0.29) is 17.1 Å². The fourth-order valence-corrected chi connectivity index (χ4v) is 7.03. The van der Waals surface area contributed by atoms with Crippen molar-refractivity contribution in [1.82, 2.24) is 19.2 Å². The average Bonchev–Trinajstić information content (AvgIpc) is 3.45. The van der Waals surface area contributed by atoms with Crippen LogP contribution in [0.5, 0.6) is 0 Å². The zero-order valence-corrected chi connectivity index (χ0v) is 20.2.